The largest absolute Gasteiger partial charge is 0.573 e. The summed E-state index contributed by atoms with van der Waals surface area (Å²) in [4.78, 5) is 13.3. The van der Waals surface area contributed by atoms with Gasteiger partial charge in [0.15, 0.2) is 5.76 Å². The van der Waals surface area contributed by atoms with Gasteiger partial charge in [0.25, 0.3) is 5.91 Å². The molecule has 2 aromatic carbocycles. The van der Waals surface area contributed by atoms with Crippen molar-refractivity contribution in [2.24, 2.45) is 11.8 Å². The molecule has 1 saturated carbocycles. The molecule has 224 valence electrons. The Morgan fingerprint density at radius 1 is 1.29 bits per heavy atom. The predicted molar refractivity (Wildman–Crippen MR) is 154 cm³/mol. The molecule has 6 nitrogen and oxygen atoms in total. The third-order valence-corrected chi connectivity index (χ3v) is 9.88. The van der Waals surface area contributed by atoms with Crippen molar-refractivity contribution in [3.8, 4) is 11.5 Å². The summed E-state index contributed by atoms with van der Waals surface area (Å²) in [7, 11) is 0. The average Bonchev–Trinajstić information content (AvgIpc) is 3.26. The number of phenols is 1. The molecule has 2 bridgehead atoms. The highest BCUT2D eigenvalue weighted by molar-refractivity contribution is 6.06. The van der Waals surface area contributed by atoms with E-state index >= 15 is 0 Å². The second-order valence-electron chi connectivity index (χ2n) is 12.7. The van der Waals surface area contributed by atoms with Crippen molar-refractivity contribution in [1.29, 1.82) is 0 Å². The summed E-state index contributed by atoms with van der Waals surface area (Å²) >= 11 is 0. The number of alkyl halides is 3. The van der Waals surface area contributed by atoms with Crippen molar-refractivity contribution >= 4 is 17.7 Å². The number of nitrogens with zero attached hydrogens (tertiary/aromatic N) is 1. The van der Waals surface area contributed by atoms with Crippen LogP contribution in [0.25, 0.3) is 6.08 Å². The second kappa shape index (κ2) is 10.4. The van der Waals surface area contributed by atoms with Crippen molar-refractivity contribution in [3.63, 3.8) is 0 Å². The molecule has 1 unspecified atom stereocenters. The number of rotatable bonds is 8. The number of piperidine rings is 1. The molecule has 6 rings (SSSR count). The number of likely N-dealkylation sites (tertiary alicyclic amines) is 1. The summed E-state index contributed by atoms with van der Waals surface area (Å²) in [6, 6.07) is 9.92. The molecule has 2 heterocycles. The van der Waals surface area contributed by atoms with E-state index in [0.717, 1.165) is 67.0 Å². The summed E-state index contributed by atoms with van der Waals surface area (Å²) in [6.07, 6.45) is 2.39. The molecular weight excluding hydrogens is 545 g/mol. The molecule has 0 aromatic heterocycles. The number of ether oxygens (including phenoxy) is 2. The molecular formula is C33H38F3N2O4+. The van der Waals surface area contributed by atoms with E-state index in [0.29, 0.717) is 35.6 Å². The van der Waals surface area contributed by atoms with Crippen LogP contribution in [0.15, 0.2) is 54.8 Å². The number of carbonyl (C=O) groups is 1. The summed E-state index contributed by atoms with van der Waals surface area (Å²) < 4.78 is 51.7. The van der Waals surface area contributed by atoms with E-state index in [1.54, 1.807) is 30.3 Å². The number of aromatic hydroxyl groups is 1. The molecule has 2 fully saturated rings. The van der Waals surface area contributed by atoms with Crippen LogP contribution in [0, 0.1) is 11.8 Å². The molecule has 1 amide bonds. The van der Waals surface area contributed by atoms with E-state index in [4.69, 9.17) is 4.74 Å². The van der Waals surface area contributed by atoms with Crippen molar-refractivity contribution in [3.05, 3.63) is 71.5 Å². The van der Waals surface area contributed by atoms with Gasteiger partial charge in [-0.3, -0.25) is 4.79 Å². The van der Waals surface area contributed by atoms with Gasteiger partial charge in [0, 0.05) is 41.9 Å². The standard InChI is InChI=1S/C33H37F3N2O4/c1-4-14-38(19-20(2)3)15-13-32-23-11-8-12-28(32)41-30-24(18-26(39)22(29(30)32)17-25(23)38)37-31(40)27(42-33(34,35)36)16-21-9-6-5-7-10-21/h4-7,9-10,16,18,20,23,25,28H,1,8,11-15,17,19H2,2-3H3,(H-,37,39,40)/p+1/t23-,25+,28-,32+,38?/m0/s1. The van der Waals surface area contributed by atoms with Gasteiger partial charge in [-0.15, -0.1) is 13.2 Å². The predicted octanol–water partition coefficient (Wildman–Crippen LogP) is 6.69. The molecule has 9 heteroatoms. The number of halogens is 3. The normalized spacial score (nSPS) is 29.5. The van der Waals surface area contributed by atoms with Crippen LogP contribution in [0.4, 0.5) is 18.9 Å². The SMILES string of the molecule is C=CC[N+]1(CC(C)C)CC[C@]23c4c5c(O)cc(NC(=O)C(=Cc6ccccc6)OC(F)(F)F)c4O[C@H]2CCC[C@H]3[C@H]1C5. The quantitative estimate of drug-likeness (QED) is 0.157. The number of anilines is 1. The minimum absolute atomic E-state index is 0.0372. The van der Waals surface area contributed by atoms with Gasteiger partial charge in [0.05, 0.1) is 36.8 Å². The van der Waals surface area contributed by atoms with Crippen molar-refractivity contribution < 1.29 is 37.0 Å². The number of amides is 1. The maximum atomic E-state index is 13.3. The lowest BCUT2D eigenvalue weighted by Crippen LogP contribution is -2.72. The van der Waals surface area contributed by atoms with E-state index in [2.05, 4.69) is 30.5 Å². The summed E-state index contributed by atoms with van der Waals surface area (Å²) in [6.45, 7) is 11.5. The summed E-state index contributed by atoms with van der Waals surface area (Å²) in [5.41, 5.74) is 2.03. The number of carbonyl (C=O) groups excluding carboxylic acids is 1. The van der Waals surface area contributed by atoms with Gasteiger partial charge in [-0.05, 0) is 37.0 Å². The maximum absolute atomic E-state index is 13.3. The van der Waals surface area contributed by atoms with E-state index in [9.17, 15) is 23.1 Å². The van der Waals surface area contributed by atoms with Gasteiger partial charge in [-0.1, -0.05) is 50.8 Å². The van der Waals surface area contributed by atoms with Crippen molar-refractivity contribution in [2.45, 2.75) is 69.9 Å². The van der Waals surface area contributed by atoms with Gasteiger partial charge >= 0.3 is 6.36 Å². The maximum Gasteiger partial charge on any atom is 0.573 e. The molecule has 5 atom stereocenters. The van der Waals surface area contributed by atoms with Crippen LogP contribution in [0.5, 0.6) is 11.5 Å². The lowest BCUT2D eigenvalue weighted by atomic mass is 9.51. The molecule has 42 heavy (non-hydrogen) atoms. The number of benzene rings is 2. The van der Waals surface area contributed by atoms with E-state index in [1.807, 2.05) is 6.08 Å². The minimum atomic E-state index is -5.06. The Morgan fingerprint density at radius 3 is 2.74 bits per heavy atom. The summed E-state index contributed by atoms with van der Waals surface area (Å²) in [5, 5.41) is 14.0. The Morgan fingerprint density at radius 2 is 2.05 bits per heavy atom. The first-order valence-electron chi connectivity index (χ1n) is 14.8. The van der Waals surface area contributed by atoms with Gasteiger partial charge in [0.2, 0.25) is 0 Å². The average molecular weight is 584 g/mol. The zero-order valence-electron chi connectivity index (χ0n) is 24.0. The smallest absolute Gasteiger partial charge is 0.508 e. The lowest BCUT2D eigenvalue weighted by Gasteiger charge is -2.62. The minimum Gasteiger partial charge on any atom is -0.508 e. The molecule has 2 N–H and O–H groups in total. The second-order valence-corrected chi connectivity index (χ2v) is 12.7. The fraction of sp³-hybridized carbons (Fsp3) is 0.485. The molecule has 1 spiro atoms. The molecule has 2 aromatic rings. The highest BCUT2D eigenvalue weighted by atomic mass is 19.4. The van der Waals surface area contributed by atoms with Gasteiger partial charge in [-0.2, -0.15) is 0 Å². The van der Waals surface area contributed by atoms with Gasteiger partial charge in [0.1, 0.15) is 17.6 Å². The third kappa shape index (κ3) is 4.66. The zero-order chi connectivity index (χ0) is 29.9. The fourth-order valence-electron chi connectivity index (χ4n) is 8.70. The van der Waals surface area contributed by atoms with Crippen LogP contribution in [0.3, 0.4) is 0 Å². The van der Waals surface area contributed by atoms with E-state index in [-0.39, 0.29) is 23.0 Å². The Kier molecular flexibility index (Phi) is 7.07. The van der Waals surface area contributed by atoms with E-state index in [1.165, 1.54) is 6.07 Å². The van der Waals surface area contributed by atoms with Gasteiger partial charge < -0.3 is 24.4 Å². The van der Waals surface area contributed by atoms with Crippen LogP contribution in [-0.4, -0.2) is 53.6 Å². The number of hydrogen-bond donors (Lipinski definition) is 2. The monoisotopic (exact) mass is 583 g/mol. The van der Waals surface area contributed by atoms with Crippen LogP contribution >= 0.6 is 0 Å². The molecule has 2 aliphatic carbocycles. The molecule has 1 saturated heterocycles. The Hall–Kier alpha value is -3.46. The van der Waals surface area contributed by atoms with Crippen LogP contribution in [0.2, 0.25) is 0 Å². The van der Waals surface area contributed by atoms with Crippen LogP contribution < -0.4 is 10.1 Å². The zero-order valence-corrected chi connectivity index (χ0v) is 24.0. The number of phenolic OH excluding ortho intramolecular Hbond substituents is 1. The third-order valence-electron chi connectivity index (χ3n) is 9.88. The Balaban J connectivity index is 1.42. The molecule has 2 aliphatic heterocycles. The fourth-order valence-corrected chi connectivity index (χ4v) is 8.70. The van der Waals surface area contributed by atoms with Crippen LogP contribution in [0.1, 0.15) is 56.2 Å². The highest BCUT2D eigenvalue weighted by Crippen LogP contribution is 2.66. The first kappa shape index (κ1) is 28.6. The lowest BCUT2D eigenvalue weighted by molar-refractivity contribution is -0.960. The molecule has 4 aliphatic rings. The number of hydrogen-bond acceptors (Lipinski definition) is 4. The highest BCUT2D eigenvalue weighted by Gasteiger charge is 2.68. The molecule has 0 radical (unpaired) electrons. The van der Waals surface area contributed by atoms with E-state index < -0.39 is 18.0 Å². The van der Waals surface area contributed by atoms with Crippen molar-refractivity contribution in [2.75, 3.05) is 25.0 Å². The Labute approximate surface area is 244 Å². The topological polar surface area (TPSA) is 67.8 Å². The number of quaternary nitrogens is 1. The van der Waals surface area contributed by atoms with Crippen molar-refractivity contribution in [1.82, 2.24) is 0 Å². The first-order chi connectivity index (χ1) is 20.0. The number of nitrogens with one attached hydrogen (secondary N) is 1. The summed E-state index contributed by atoms with van der Waals surface area (Å²) in [5.74, 6) is -0.624. The van der Waals surface area contributed by atoms with Gasteiger partial charge in [-0.25, -0.2) is 0 Å². The van der Waals surface area contributed by atoms with Crippen LogP contribution in [-0.2, 0) is 21.4 Å². The Bertz CT molecular complexity index is 1420. The first-order valence-corrected chi connectivity index (χ1v) is 14.8.